The van der Waals surface area contributed by atoms with E-state index in [4.69, 9.17) is 0 Å². The summed E-state index contributed by atoms with van der Waals surface area (Å²) in [5, 5.41) is 0.334. The van der Waals surface area contributed by atoms with Gasteiger partial charge >= 0.3 is 0 Å². The van der Waals surface area contributed by atoms with Crippen LogP contribution in [0.2, 0.25) is 0 Å². The lowest BCUT2D eigenvalue weighted by atomic mass is 10.0. The Balaban J connectivity index is 2.63. The zero-order valence-electron chi connectivity index (χ0n) is 15.3. The van der Waals surface area contributed by atoms with Gasteiger partial charge in [0.15, 0.2) is 0 Å². The number of aryl methyl sites for hydroxylation is 3. The molecule has 1 unspecified atom stereocenters. The second-order valence-corrected chi connectivity index (χ2v) is 9.16. The van der Waals surface area contributed by atoms with Crippen molar-refractivity contribution in [3.63, 3.8) is 0 Å². The molecule has 1 atom stereocenters. The van der Waals surface area contributed by atoms with E-state index >= 15 is 0 Å². The zero-order valence-corrected chi connectivity index (χ0v) is 16.2. The summed E-state index contributed by atoms with van der Waals surface area (Å²) in [4.78, 5) is 26.2. The van der Waals surface area contributed by atoms with Crippen molar-refractivity contribution in [2.24, 2.45) is 0 Å². The Morgan fingerprint density at radius 3 is 2.04 bits per heavy atom. The second-order valence-electron chi connectivity index (χ2n) is 6.52. The van der Waals surface area contributed by atoms with Crippen molar-refractivity contribution in [1.82, 2.24) is 0 Å². The number of hydrogen-bond donors (Lipinski definition) is 0. The molecule has 0 radical (unpaired) electrons. The van der Waals surface area contributed by atoms with E-state index in [2.05, 4.69) is 0 Å². The third-order valence-corrected chi connectivity index (χ3v) is 7.14. The van der Waals surface area contributed by atoms with E-state index in [0.717, 1.165) is 23.1 Å². The minimum atomic E-state index is -3.85. The van der Waals surface area contributed by atoms with Gasteiger partial charge in [-0.3, -0.25) is 9.59 Å². The van der Waals surface area contributed by atoms with Crippen molar-refractivity contribution in [2.45, 2.75) is 47.0 Å². The average Bonchev–Trinajstić information content (AvgIpc) is 2.58. The fraction of sp³-hybridized carbons (Fsp3) is 0.333. The summed E-state index contributed by atoms with van der Waals surface area (Å²) in [5.41, 5.74) is 2.02. The van der Waals surface area contributed by atoms with Crippen molar-refractivity contribution < 1.29 is 14.2 Å². The predicted molar refractivity (Wildman–Crippen MR) is 103 cm³/mol. The van der Waals surface area contributed by atoms with E-state index in [1.165, 1.54) is 0 Å². The van der Waals surface area contributed by atoms with E-state index < -0.39 is 18.2 Å². The molecule has 2 aromatic rings. The first kappa shape index (κ1) is 19.3. The Bertz CT molecular complexity index is 814. The molecule has 0 spiro atoms. The zero-order chi connectivity index (χ0) is 18.6. The van der Waals surface area contributed by atoms with Crippen LogP contribution in [0.3, 0.4) is 0 Å². The van der Waals surface area contributed by atoms with E-state index in [0.29, 0.717) is 17.3 Å². The van der Waals surface area contributed by atoms with Crippen molar-refractivity contribution in [1.29, 1.82) is 0 Å². The van der Waals surface area contributed by atoms with E-state index in [9.17, 15) is 14.2 Å². The van der Waals surface area contributed by atoms with Gasteiger partial charge in [-0.15, -0.1) is 0 Å². The molecule has 0 N–H and O–H groups in total. The first-order valence-corrected chi connectivity index (χ1v) is 10.3. The van der Waals surface area contributed by atoms with Crippen LogP contribution >= 0.6 is 7.14 Å². The number of benzene rings is 2. The van der Waals surface area contributed by atoms with Crippen LogP contribution in [-0.2, 0) is 9.36 Å². The molecule has 0 amide bonds. The summed E-state index contributed by atoms with van der Waals surface area (Å²) in [6, 6.07) is 12.3. The SMILES string of the molecule is CCCCC(=O)P(=O)(C(=O)c1c(C)cc(C)cc1C)c1ccccc1. The highest BCUT2D eigenvalue weighted by Gasteiger charge is 2.42. The molecular weight excluding hydrogens is 331 g/mol. The molecule has 0 aromatic heterocycles. The molecular formula is C21H25O3P. The number of rotatable bonds is 7. The van der Waals surface area contributed by atoms with Crippen molar-refractivity contribution in [3.05, 3.63) is 64.7 Å². The number of carbonyl (C=O) groups is 2. The normalized spacial score (nSPS) is 13.3. The minimum Gasteiger partial charge on any atom is -0.302 e. The van der Waals surface area contributed by atoms with Crippen LogP contribution in [-0.4, -0.2) is 11.0 Å². The largest absolute Gasteiger partial charge is 0.302 e. The summed E-state index contributed by atoms with van der Waals surface area (Å²) in [6.07, 6.45) is 1.62. The molecule has 0 saturated carbocycles. The molecule has 4 heteroatoms. The Labute approximate surface area is 149 Å². The summed E-state index contributed by atoms with van der Waals surface area (Å²) in [7, 11) is -3.85. The quantitative estimate of drug-likeness (QED) is 0.644. The van der Waals surface area contributed by atoms with Crippen LogP contribution in [0.25, 0.3) is 0 Å². The van der Waals surface area contributed by atoms with Crippen molar-refractivity contribution in [3.8, 4) is 0 Å². The molecule has 0 aliphatic rings. The summed E-state index contributed by atoms with van der Waals surface area (Å²) >= 11 is 0. The van der Waals surface area contributed by atoms with E-state index in [-0.39, 0.29) is 6.42 Å². The first-order chi connectivity index (χ1) is 11.8. The molecule has 25 heavy (non-hydrogen) atoms. The topological polar surface area (TPSA) is 51.2 Å². The molecule has 0 aliphatic heterocycles. The molecule has 0 bridgehead atoms. The third kappa shape index (κ3) is 3.82. The molecule has 0 aliphatic carbocycles. The molecule has 0 heterocycles. The highest BCUT2D eigenvalue weighted by atomic mass is 31.2. The van der Waals surface area contributed by atoms with Crippen LogP contribution < -0.4 is 5.30 Å². The number of hydrogen-bond acceptors (Lipinski definition) is 3. The maximum absolute atomic E-state index is 13.8. The van der Waals surface area contributed by atoms with Crippen LogP contribution in [0.5, 0.6) is 0 Å². The summed E-state index contributed by atoms with van der Waals surface area (Å²) in [5.74, 6) is 0. The van der Waals surface area contributed by atoms with Gasteiger partial charge in [-0.2, -0.15) is 0 Å². The second kappa shape index (κ2) is 7.93. The van der Waals surface area contributed by atoms with Crippen LogP contribution in [0.15, 0.2) is 42.5 Å². The van der Waals surface area contributed by atoms with Gasteiger partial charge in [0.2, 0.25) is 18.2 Å². The maximum atomic E-state index is 13.8. The maximum Gasteiger partial charge on any atom is 0.243 e. The Morgan fingerprint density at radius 1 is 0.960 bits per heavy atom. The third-order valence-electron chi connectivity index (χ3n) is 4.39. The fourth-order valence-electron chi connectivity index (χ4n) is 3.17. The molecule has 132 valence electrons. The molecule has 2 aromatic carbocycles. The Morgan fingerprint density at radius 2 is 1.52 bits per heavy atom. The van der Waals surface area contributed by atoms with Crippen molar-refractivity contribution >= 4 is 23.5 Å². The van der Waals surface area contributed by atoms with Gasteiger partial charge in [0.05, 0.1) is 0 Å². The van der Waals surface area contributed by atoms with Gasteiger partial charge in [0, 0.05) is 17.3 Å². The van der Waals surface area contributed by atoms with Gasteiger partial charge in [-0.05, 0) is 38.3 Å². The molecule has 2 rings (SSSR count). The average molecular weight is 356 g/mol. The van der Waals surface area contributed by atoms with E-state index in [1.54, 1.807) is 30.3 Å². The summed E-state index contributed by atoms with van der Waals surface area (Å²) in [6.45, 7) is 7.59. The minimum absolute atomic E-state index is 0.165. The van der Waals surface area contributed by atoms with Gasteiger partial charge in [0.25, 0.3) is 0 Å². The monoisotopic (exact) mass is 356 g/mol. The predicted octanol–water partition coefficient (Wildman–Crippen LogP) is 5.16. The number of unbranched alkanes of at least 4 members (excludes halogenated alkanes) is 1. The smallest absolute Gasteiger partial charge is 0.243 e. The lowest BCUT2D eigenvalue weighted by Crippen LogP contribution is -2.21. The van der Waals surface area contributed by atoms with Crippen LogP contribution in [0, 0.1) is 20.8 Å². The van der Waals surface area contributed by atoms with E-state index in [1.807, 2.05) is 39.8 Å². The molecule has 0 saturated heterocycles. The molecule has 3 nitrogen and oxygen atoms in total. The van der Waals surface area contributed by atoms with Gasteiger partial charge in [-0.1, -0.05) is 61.4 Å². The highest BCUT2D eigenvalue weighted by molar-refractivity contribution is 8.00. The standard InChI is InChI=1S/C21H25O3P/c1-5-6-12-19(22)25(24,18-10-8-7-9-11-18)21(23)20-16(3)13-15(2)14-17(20)4/h7-11,13-14H,5-6,12H2,1-4H3. The van der Waals surface area contributed by atoms with Crippen LogP contribution in [0.4, 0.5) is 0 Å². The molecule has 0 fully saturated rings. The Hall–Kier alpha value is -1.99. The Kier molecular flexibility index (Phi) is 6.13. The summed E-state index contributed by atoms with van der Waals surface area (Å²) < 4.78 is 13.8. The van der Waals surface area contributed by atoms with Crippen LogP contribution in [0.1, 0.15) is 53.2 Å². The van der Waals surface area contributed by atoms with Gasteiger partial charge < -0.3 is 4.57 Å². The highest BCUT2D eigenvalue weighted by Crippen LogP contribution is 2.51. The lowest BCUT2D eigenvalue weighted by Gasteiger charge is -2.19. The van der Waals surface area contributed by atoms with Crippen molar-refractivity contribution in [2.75, 3.05) is 0 Å². The lowest BCUT2D eigenvalue weighted by molar-refractivity contribution is -0.111. The van der Waals surface area contributed by atoms with Gasteiger partial charge in [0.1, 0.15) is 0 Å². The number of carbonyl (C=O) groups excluding carboxylic acids is 2. The fourth-order valence-corrected chi connectivity index (χ4v) is 5.65. The van der Waals surface area contributed by atoms with Gasteiger partial charge in [-0.25, -0.2) is 0 Å². The first-order valence-electron chi connectivity index (χ1n) is 8.64.